The van der Waals surface area contributed by atoms with Gasteiger partial charge in [0.1, 0.15) is 0 Å². The number of aromatic nitrogens is 3. The summed E-state index contributed by atoms with van der Waals surface area (Å²) in [5.41, 5.74) is 15.3. The molecule has 266 valence electrons. The van der Waals surface area contributed by atoms with Crippen molar-refractivity contribution in [3.05, 3.63) is 205 Å². The fourth-order valence-electron chi connectivity index (χ4n) is 8.65. The molecule has 0 unspecified atom stereocenters. The molecule has 0 aliphatic rings. The summed E-state index contributed by atoms with van der Waals surface area (Å²) in [6.07, 6.45) is 2.18. The average molecular weight is 719 g/mol. The van der Waals surface area contributed by atoms with Gasteiger partial charge in [0.05, 0.1) is 27.6 Å². The van der Waals surface area contributed by atoms with Gasteiger partial charge in [-0.05, 0) is 123 Å². The van der Waals surface area contributed by atoms with E-state index in [0.29, 0.717) is 0 Å². The zero-order valence-electron chi connectivity index (χ0n) is 31.3. The van der Waals surface area contributed by atoms with Crippen molar-refractivity contribution in [2.75, 3.05) is 4.90 Å². The van der Waals surface area contributed by atoms with Crippen molar-refractivity contribution in [2.45, 2.75) is 13.8 Å². The number of nitrogens with zero attached hydrogens (tertiary/aromatic N) is 4. The monoisotopic (exact) mass is 718 g/mol. The maximum atomic E-state index is 2.41. The molecule has 8 aromatic carbocycles. The highest BCUT2D eigenvalue weighted by molar-refractivity contribution is 6.14. The van der Waals surface area contributed by atoms with Crippen LogP contribution in [-0.4, -0.2) is 13.7 Å². The molecule has 0 spiro atoms. The van der Waals surface area contributed by atoms with E-state index in [0.717, 1.165) is 28.4 Å². The molecule has 0 saturated heterocycles. The van der Waals surface area contributed by atoms with Gasteiger partial charge in [0.25, 0.3) is 0 Å². The number of fused-ring (bicyclic) bond motifs is 7. The highest BCUT2D eigenvalue weighted by Gasteiger charge is 2.19. The normalized spacial score (nSPS) is 11.8. The first-order valence-electron chi connectivity index (χ1n) is 19.3. The lowest BCUT2D eigenvalue weighted by atomic mass is 10.1. The summed E-state index contributed by atoms with van der Waals surface area (Å²) < 4.78 is 7.08. The summed E-state index contributed by atoms with van der Waals surface area (Å²) in [6.45, 7) is 4.28. The van der Waals surface area contributed by atoms with Gasteiger partial charge in [0, 0.05) is 67.3 Å². The first-order valence-corrected chi connectivity index (χ1v) is 19.3. The van der Waals surface area contributed by atoms with E-state index in [1.54, 1.807) is 0 Å². The lowest BCUT2D eigenvalue weighted by Gasteiger charge is -2.26. The molecule has 4 nitrogen and oxygen atoms in total. The Hall–Kier alpha value is -7.30. The fourth-order valence-corrected chi connectivity index (χ4v) is 8.65. The van der Waals surface area contributed by atoms with E-state index in [4.69, 9.17) is 0 Å². The van der Waals surface area contributed by atoms with Crippen molar-refractivity contribution in [1.29, 1.82) is 0 Å². The van der Waals surface area contributed by atoms with Gasteiger partial charge in [-0.25, -0.2) is 0 Å². The van der Waals surface area contributed by atoms with E-state index in [1.165, 1.54) is 71.3 Å². The number of hydrogen-bond donors (Lipinski definition) is 0. The molecule has 3 aromatic heterocycles. The largest absolute Gasteiger partial charge is 0.317 e. The van der Waals surface area contributed by atoms with Crippen LogP contribution in [0.15, 0.2) is 194 Å². The van der Waals surface area contributed by atoms with Crippen LogP contribution in [0.2, 0.25) is 0 Å². The summed E-state index contributed by atoms with van der Waals surface area (Å²) in [7, 11) is 0. The van der Waals surface area contributed by atoms with Gasteiger partial charge in [-0.1, -0.05) is 90.0 Å². The third-order valence-electron chi connectivity index (χ3n) is 11.4. The highest BCUT2D eigenvalue weighted by atomic mass is 15.1. The van der Waals surface area contributed by atoms with Crippen LogP contribution in [0.5, 0.6) is 0 Å². The Morgan fingerprint density at radius 1 is 0.339 bits per heavy atom. The summed E-state index contributed by atoms with van der Waals surface area (Å²) in [6, 6.07) is 68.6. The first-order chi connectivity index (χ1) is 27.6. The SMILES string of the molecule is Cc1ccc(N(c2ccc(-n3c4ccccc4c4cc5c(ccn5-c5ccccc5)cc43)cc2)c2ccc3c(c2)c2ccccc2n3-c2ccc(C)cc2)cc1. The van der Waals surface area contributed by atoms with Crippen molar-refractivity contribution in [1.82, 2.24) is 13.7 Å². The van der Waals surface area contributed by atoms with Crippen molar-refractivity contribution in [3.8, 4) is 17.1 Å². The van der Waals surface area contributed by atoms with E-state index in [1.807, 2.05) is 0 Å². The van der Waals surface area contributed by atoms with Crippen LogP contribution >= 0.6 is 0 Å². The summed E-state index contributed by atoms with van der Waals surface area (Å²) in [4.78, 5) is 2.38. The average Bonchev–Trinajstić information content (AvgIpc) is 3.91. The Bertz CT molecular complexity index is 3230. The quantitative estimate of drug-likeness (QED) is 0.167. The van der Waals surface area contributed by atoms with Crippen LogP contribution in [0, 0.1) is 13.8 Å². The van der Waals surface area contributed by atoms with E-state index in [-0.39, 0.29) is 0 Å². The summed E-state index contributed by atoms with van der Waals surface area (Å²) in [5.74, 6) is 0. The van der Waals surface area contributed by atoms with Crippen molar-refractivity contribution >= 4 is 71.6 Å². The van der Waals surface area contributed by atoms with Gasteiger partial charge in [-0.15, -0.1) is 0 Å². The van der Waals surface area contributed by atoms with Crippen LogP contribution < -0.4 is 4.90 Å². The smallest absolute Gasteiger partial charge is 0.0548 e. The van der Waals surface area contributed by atoms with E-state index >= 15 is 0 Å². The molecule has 11 rings (SSSR count). The molecular weight excluding hydrogens is 681 g/mol. The number of hydrogen-bond acceptors (Lipinski definition) is 1. The van der Waals surface area contributed by atoms with Crippen LogP contribution in [0.1, 0.15) is 11.1 Å². The van der Waals surface area contributed by atoms with Gasteiger partial charge in [0.15, 0.2) is 0 Å². The molecular formula is C52H38N4. The van der Waals surface area contributed by atoms with Crippen LogP contribution in [0.3, 0.4) is 0 Å². The van der Waals surface area contributed by atoms with Crippen molar-refractivity contribution < 1.29 is 0 Å². The second-order valence-electron chi connectivity index (χ2n) is 14.9. The molecule has 4 heteroatoms. The molecule has 0 radical (unpaired) electrons. The summed E-state index contributed by atoms with van der Waals surface area (Å²) >= 11 is 0. The minimum atomic E-state index is 1.10. The second-order valence-corrected chi connectivity index (χ2v) is 14.9. The van der Waals surface area contributed by atoms with Gasteiger partial charge in [0.2, 0.25) is 0 Å². The first kappa shape index (κ1) is 32.2. The Morgan fingerprint density at radius 2 is 0.839 bits per heavy atom. The lowest BCUT2D eigenvalue weighted by Crippen LogP contribution is -2.10. The molecule has 0 atom stereocenters. The number of anilines is 3. The molecule has 0 aliphatic carbocycles. The number of aryl methyl sites for hydroxylation is 2. The topological polar surface area (TPSA) is 18.0 Å². The van der Waals surface area contributed by atoms with Crippen LogP contribution in [0.25, 0.3) is 71.6 Å². The Labute approximate surface area is 325 Å². The Kier molecular flexibility index (Phi) is 7.26. The van der Waals surface area contributed by atoms with E-state index in [2.05, 4.69) is 227 Å². The molecule has 0 aliphatic heterocycles. The van der Waals surface area contributed by atoms with Gasteiger partial charge in [-0.2, -0.15) is 0 Å². The fraction of sp³-hybridized carbons (Fsp3) is 0.0385. The predicted octanol–water partition coefficient (Wildman–Crippen LogP) is 13.9. The molecule has 0 bridgehead atoms. The maximum absolute atomic E-state index is 2.41. The zero-order valence-corrected chi connectivity index (χ0v) is 31.3. The second kappa shape index (κ2) is 12.6. The molecule has 0 N–H and O–H groups in total. The third kappa shape index (κ3) is 5.07. The molecule has 56 heavy (non-hydrogen) atoms. The van der Waals surface area contributed by atoms with Crippen LogP contribution in [-0.2, 0) is 0 Å². The minimum absolute atomic E-state index is 1.10. The molecule has 3 heterocycles. The molecule has 0 saturated carbocycles. The lowest BCUT2D eigenvalue weighted by molar-refractivity contribution is 1.13. The highest BCUT2D eigenvalue weighted by Crippen LogP contribution is 2.41. The third-order valence-corrected chi connectivity index (χ3v) is 11.4. The maximum Gasteiger partial charge on any atom is 0.0548 e. The summed E-state index contributed by atoms with van der Waals surface area (Å²) in [5, 5.41) is 6.17. The van der Waals surface area contributed by atoms with Gasteiger partial charge in [-0.3, -0.25) is 0 Å². The molecule has 0 fully saturated rings. The standard InChI is InChI=1S/C52H38N4/c1-35-16-20-39(21-17-35)54(43-28-29-50-46(33-43)44-12-6-8-14-48(44)55(50)41-22-18-36(2)19-23-41)40-24-26-42(27-25-40)56-49-15-9-7-13-45(49)47-34-51-37(32-52(47)56)30-31-53(51)38-10-4-3-5-11-38/h3-34H,1-2H3. The Balaban J connectivity index is 1.06. The number of para-hydroxylation sites is 3. The van der Waals surface area contributed by atoms with Crippen molar-refractivity contribution in [2.24, 2.45) is 0 Å². The van der Waals surface area contributed by atoms with Gasteiger partial charge >= 0.3 is 0 Å². The number of rotatable bonds is 6. The molecule has 11 aromatic rings. The van der Waals surface area contributed by atoms with E-state index < -0.39 is 0 Å². The minimum Gasteiger partial charge on any atom is -0.317 e. The molecule has 0 amide bonds. The van der Waals surface area contributed by atoms with E-state index in [9.17, 15) is 0 Å². The predicted molar refractivity (Wildman–Crippen MR) is 236 cm³/mol. The zero-order chi connectivity index (χ0) is 37.3. The van der Waals surface area contributed by atoms with Crippen LogP contribution in [0.4, 0.5) is 17.1 Å². The van der Waals surface area contributed by atoms with Crippen molar-refractivity contribution in [3.63, 3.8) is 0 Å². The number of benzene rings is 8. The van der Waals surface area contributed by atoms with Gasteiger partial charge < -0.3 is 18.6 Å². The Morgan fingerprint density at radius 3 is 1.50 bits per heavy atom.